The second-order valence-corrected chi connectivity index (χ2v) is 7.58. The predicted octanol–water partition coefficient (Wildman–Crippen LogP) is 3.00. The van der Waals surface area contributed by atoms with Gasteiger partial charge < -0.3 is 0 Å². The van der Waals surface area contributed by atoms with Crippen molar-refractivity contribution in [3.8, 4) is 0 Å². The van der Waals surface area contributed by atoms with Gasteiger partial charge in [0.2, 0.25) is 10.0 Å². The third kappa shape index (κ3) is 3.79. The molecule has 1 saturated carbocycles. The Morgan fingerprint density at radius 2 is 1.94 bits per heavy atom. The summed E-state index contributed by atoms with van der Waals surface area (Å²) in [4.78, 5) is 0. The fourth-order valence-corrected chi connectivity index (χ4v) is 4.44. The molecule has 96 valence electrons. The molecule has 5 heteroatoms. The molecular weight excluding hydrogens is 254 g/mol. The molecule has 1 aromatic heterocycles. The fraction of sp³-hybridized carbons (Fsp3) is 0.667. The van der Waals surface area contributed by atoms with Crippen LogP contribution >= 0.6 is 11.3 Å². The van der Waals surface area contributed by atoms with Gasteiger partial charge in [-0.05, 0) is 30.2 Å². The molecule has 0 radical (unpaired) electrons. The maximum absolute atomic E-state index is 11.9. The standard InChI is InChI=1S/C12H19NO2S2/c14-17(15,12-8-5-9-16-12)13-10-11-6-3-1-2-4-7-11/h5,8-9,11,13H,1-4,6-7,10H2. The molecule has 0 aromatic carbocycles. The van der Waals surface area contributed by atoms with E-state index in [4.69, 9.17) is 0 Å². The molecule has 3 nitrogen and oxygen atoms in total. The number of hydrogen-bond donors (Lipinski definition) is 1. The molecule has 0 aliphatic heterocycles. The summed E-state index contributed by atoms with van der Waals surface area (Å²) in [5.41, 5.74) is 0. The Labute approximate surface area is 107 Å². The van der Waals surface area contributed by atoms with Gasteiger partial charge in [0, 0.05) is 6.54 Å². The van der Waals surface area contributed by atoms with Gasteiger partial charge in [0.15, 0.2) is 0 Å². The van der Waals surface area contributed by atoms with Crippen LogP contribution in [0.15, 0.2) is 21.7 Å². The van der Waals surface area contributed by atoms with Crippen molar-refractivity contribution in [3.63, 3.8) is 0 Å². The topological polar surface area (TPSA) is 46.2 Å². The van der Waals surface area contributed by atoms with E-state index in [1.807, 2.05) is 0 Å². The first-order valence-electron chi connectivity index (χ1n) is 6.22. The minimum atomic E-state index is -3.26. The molecule has 0 spiro atoms. The van der Waals surface area contributed by atoms with Crippen molar-refractivity contribution < 1.29 is 8.42 Å². The first kappa shape index (κ1) is 13.1. The Kier molecular flexibility index (Phi) is 4.59. The highest BCUT2D eigenvalue weighted by Crippen LogP contribution is 2.23. The van der Waals surface area contributed by atoms with Crippen LogP contribution in [0.2, 0.25) is 0 Å². The maximum atomic E-state index is 11.9. The van der Waals surface area contributed by atoms with Crippen molar-refractivity contribution in [2.24, 2.45) is 5.92 Å². The largest absolute Gasteiger partial charge is 0.250 e. The van der Waals surface area contributed by atoms with Crippen molar-refractivity contribution in [1.29, 1.82) is 0 Å². The number of sulfonamides is 1. The van der Waals surface area contributed by atoms with Gasteiger partial charge in [-0.25, -0.2) is 13.1 Å². The van der Waals surface area contributed by atoms with Crippen molar-refractivity contribution in [2.45, 2.75) is 42.7 Å². The number of nitrogens with one attached hydrogen (secondary N) is 1. The summed E-state index contributed by atoms with van der Waals surface area (Å²) in [7, 11) is -3.26. The highest BCUT2D eigenvalue weighted by molar-refractivity contribution is 7.91. The zero-order valence-corrected chi connectivity index (χ0v) is 11.5. The first-order valence-corrected chi connectivity index (χ1v) is 8.58. The summed E-state index contributed by atoms with van der Waals surface area (Å²) >= 11 is 1.27. The van der Waals surface area contributed by atoms with Crippen LogP contribution in [0.4, 0.5) is 0 Å². The van der Waals surface area contributed by atoms with E-state index in [1.54, 1.807) is 17.5 Å². The van der Waals surface area contributed by atoms with E-state index >= 15 is 0 Å². The van der Waals surface area contributed by atoms with E-state index < -0.39 is 10.0 Å². The molecule has 1 N–H and O–H groups in total. The number of thiophene rings is 1. The van der Waals surface area contributed by atoms with E-state index in [1.165, 1.54) is 37.0 Å². The second kappa shape index (κ2) is 5.98. The van der Waals surface area contributed by atoms with Crippen LogP contribution in [0.1, 0.15) is 38.5 Å². The molecular formula is C12H19NO2S2. The second-order valence-electron chi connectivity index (χ2n) is 4.64. The zero-order chi connectivity index (χ0) is 12.1. The molecule has 1 aromatic rings. The summed E-state index contributed by atoms with van der Waals surface area (Å²) in [5, 5.41) is 1.79. The number of hydrogen-bond acceptors (Lipinski definition) is 3. The lowest BCUT2D eigenvalue weighted by molar-refractivity contribution is 0.451. The summed E-state index contributed by atoms with van der Waals surface area (Å²) < 4.78 is 27.0. The lowest BCUT2D eigenvalue weighted by atomic mass is 10.0. The van der Waals surface area contributed by atoms with Gasteiger partial charge >= 0.3 is 0 Å². The molecule has 1 aliphatic carbocycles. The zero-order valence-electron chi connectivity index (χ0n) is 9.89. The van der Waals surface area contributed by atoms with E-state index in [2.05, 4.69) is 4.72 Å². The lowest BCUT2D eigenvalue weighted by Crippen LogP contribution is -2.28. The molecule has 0 saturated heterocycles. The first-order chi connectivity index (χ1) is 8.18. The third-order valence-corrected chi connectivity index (χ3v) is 6.12. The molecule has 1 heterocycles. The summed E-state index contributed by atoms with van der Waals surface area (Å²) in [6.45, 7) is 0.597. The Morgan fingerprint density at radius 1 is 1.24 bits per heavy atom. The minimum absolute atomic E-state index is 0.422. The molecule has 0 amide bonds. The monoisotopic (exact) mass is 273 g/mol. The quantitative estimate of drug-likeness (QED) is 0.857. The molecule has 0 bridgehead atoms. The molecule has 2 rings (SSSR count). The highest BCUT2D eigenvalue weighted by atomic mass is 32.2. The smallest absolute Gasteiger partial charge is 0.210 e. The van der Waals surface area contributed by atoms with Gasteiger partial charge in [0.1, 0.15) is 4.21 Å². The van der Waals surface area contributed by atoms with Gasteiger partial charge in [-0.2, -0.15) is 0 Å². The predicted molar refractivity (Wildman–Crippen MR) is 70.7 cm³/mol. The Bertz CT molecular complexity index is 417. The van der Waals surface area contributed by atoms with Crippen LogP contribution in [0.5, 0.6) is 0 Å². The maximum Gasteiger partial charge on any atom is 0.250 e. The highest BCUT2D eigenvalue weighted by Gasteiger charge is 2.18. The van der Waals surface area contributed by atoms with Crippen molar-refractivity contribution in [1.82, 2.24) is 4.72 Å². The minimum Gasteiger partial charge on any atom is -0.210 e. The van der Waals surface area contributed by atoms with Gasteiger partial charge in [0.05, 0.1) is 0 Å². The lowest BCUT2D eigenvalue weighted by Gasteiger charge is -2.14. The van der Waals surface area contributed by atoms with Crippen LogP contribution in [0, 0.1) is 5.92 Å². The number of rotatable bonds is 4. The average molecular weight is 273 g/mol. The van der Waals surface area contributed by atoms with Crippen molar-refractivity contribution >= 4 is 21.4 Å². The van der Waals surface area contributed by atoms with Crippen LogP contribution in [0.25, 0.3) is 0 Å². The van der Waals surface area contributed by atoms with Crippen LogP contribution in [-0.4, -0.2) is 15.0 Å². The Morgan fingerprint density at radius 3 is 2.53 bits per heavy atom. The molecule has 0 unspecified atom stereocenters. The van der Waals surface area contributed by atoms with Crippen LogP contribution in [0.3, 0.4) is 0 Å². The summed E-state index contributed by atoms with van der Waals surface area (Å²) in [6.07, 6.45) is 7.40. The Hall–Kier alpha value is -0.390. The van der Waals surface area contributed by atoms with Gasteiger partial charge in [-0.3, -0.25) is 0 Å². The van der Waals surface area contributed by atoms with Gasteiger partial charge in [0.25, 0.3) is 0 Å². The Balaban J connectivity index is 1.89. The van der Waals surface area contributed by atoms with E-state index in [0.29, 0.717) is 16.7 Å². The van der Waals surface area contributed by atoms with Gasteiger partial charge in [-0.15, -0.1) is 11.3 Å². The fourth-order valence-electron chi connectivity index (χ4n) is 2.28. The molecule has 17 heavy (non-hydrogen) atoms. The molecule has 1 fully saturated rings. The van der Waals surface area contributed by atoms with Crippen molar-refractivity contribution in [2.75, 3.05) is 6.54 Å². The van der Waals surface area contributed by atoms with Crippen LogP contribution < -0.4 is 4.72 Å². The van der Waals surface area contributed by atoms with E-state index in [0.717, 1.165) is 12.8 Å². The molecule has 0 atom stereocenters. The van der Waals surface area contributed by atoms with Crippen LogP contribution in [-0.2, 0) is 10.0 Å². The third-order valence-electron chi connectivity index (χ3n) is 3.30. The van der Waals surface area contributed by atoms with E-state index in [9.17, 15) is 8.42 Å². The van der Waals surface area contributed by atoms with Gasteiger partial charge in [-0.1, -0.05) is 31.7 Å². The normalized spacial score (nSPS) is 19.1. The SMILES string of the molecule is O=S(=O)(NCC1CCCCCC1)c1cccs1. The summed E-state index contributed by atoms with van der Waals surface area (Å²) in [6, 6.07) is 3.42. The average Bonchev–Trinajstić information content (AvgIpc) is 2.72. The summed E-state index contributed by atoms with van der Waals surface area (Å²) in [5.74, 6) is 0.521. The van der Waals surface area contributed by atoms with Crippen molar-refractivity contribution in [3.05, 3.63) is 17.5 Å². The van der Waals surface area contributed by atoms with E-state index in [-0.39, 0.29) is 0 Å². The molecule has 1 aliphatic rings.